The van der Waals surface area contributed by atoms with Crippen molar-refractivity contribution in [2.45, 2.75) is 26.0 Å². The number of ether oxygens (including phenoxy) is 1. The molecule has 3 N–H and O–H groups in total. The normalized spacial score (nSPS) is 10.8. The van der Waals surface area contributed by atoms with Crippen molar-refractivity contribution in [3.05, 3.63) is 71.5 Å². The largest absolute Gasteiger partial charge is 0.433 e. The molecule has 0 unspecified atom stereocenters. The number of nitrogens with one attached hydrogen (secondary N) is 1. The van der Waals surface area contributed by atoms with Crippen LogP contribution in [-0.4, -0.2) is 64.6 Å². The Balaban J connectivity index is 0.000000323. The number of aromatic nitrogens is 7. The SMILES string of the molecule is OCCc1ncc[nH]1.OCCc1nccn1Cc1cn(-c2ccc(Cl)c(OC(F)F)c2)nn1. The molecular weight excluding hydrogens is 460 g/mol. The van der Waals surface area contributed by atoms with E-state index in [1.54, 1.807) is 37.1 Å². The Bertz CT molecular complexity index is 1120. The standard InChI is InChI=1S/C15H14ClF2N5O2.C5H8N2O/c16-12-2-1-11(7-13(12)25-15(17)18)23-9-10(20-21-23)8-22-5-4-19-14(22)3-6-24;8-4-1-5-6-2-3-7-5/h1-2,4-5,7,9,15,24H,3,6,8H2;2-3,8H,1,4H2,(H,6,7). The molecule has 3 aromatic heterocycles. The highest BCUT2D eigenvalue weighted by Crippen LogP contribution is 2.28. The maximum absolute atomic E-state index is 12.4. The number of nitrogens with zero attached hydrogens (tertiary/aromatic N) is 6. The number of hydrogen-bond donors (Lipinski definition) is 3. The van der Waals surface area contributed by atoms with Crippen molar-refractivity contribution in [1.82, 2.24) is 34.5 Å². The molecule has 0 fully saturated rings. The molecule has 0 spiro atoms. The van der Waals surface area contributed by atoms with Crippen LogP contribution in [0, 0.1) is 0 Å². The maximum atomic E-state index is 12.4. The van der Waals surface area contributed by atoms with Crippen molar-refractivity contribution < 1.29 is 23.7 Å². The quantitative estimate of drug-likeness (QED) is 0.334. The van der Waals surface area contributed by atoms with Crippen LogP contribution < -0.4 is 4.74 Å². The van der Waals surface area contributed by atoms with Crippen LogP contribution in [0.5, 0.6) is 5.75 Å². The molecule has 4 rings (SSSR count). The van der Waals surface area contributed by atoms with Gasteiger partial charge in [0.25, 0.3) is 0 Å². The summed E-state index contributed by atoms with van der Waals surface area (Å²) in [6.45, 7) is -2.39. The van der Waals surface area contributed by atoms with Crippen LogP contribution in [0.2, 0.25) is 5.02 Å². The number of aliphatic hydroxyl groups is 2. The second kappa shape index (κ2) is 12.0. The predicted molar refractivity (Wildman–Crippen MR) is 114 cm³/mol. The highest BCUT2D eigenvalue weighted by Gasteiger charge is 2.12. The summed E-state index contributed by atoms with van der Waals surface area (Å²) in [6.07, 6.45) is 9.55. The minimum absolute atomic E-state index is 0.00138. The van der Waals surface area contributed by atoms with E-state index in [2.05, 4.69) is 30.0 Å². The Labute approximate surface area is 192 Å². The number of H-pyrrole nitrogens is 1. The number of imidazole rings is 2. The minimum atomic E-state index is -2.97. The van der Waals surface area contributed by atoms with E-state index in [0.717, 1.165) is 11.6 Å². The lowest BCUT2D eigenvalue weighted by atomic mass is 10.3. The monoisotopic (exact) mass is 481 g/mol. The molecule has 0 saturated carbocycles. The highest BCUT2D eigenvalue weighted by molar-refractivity contribution is 6.32. The van der Waals surface area contributed by atoms with E-state index in [9.17, 15) is 8.78 Å². The highest BCUT2D eigenvalue weighted by atomic mass is 35.5. The lowest BCUT2D eigenvalue weighted by molar-refractivity contribution is -0.0497. The summed E-state index contributed by atoms with van der Waals surface area (Å²) in [7, 11) is 0. The molecule has 3 heterocycles. The van der Waals surface area contributed by atoms with Crippen molar-refractivity contribution in [3.63, 3.8) is 0 Å². The van der Waals surface area contributed by atoms with Crippen molar-refractivity contribution in [3.8, 4) is 11.4 Å². The fourth-order valence-corrected chi connectivity index (χ4v) is 3.01. The molecule has 33 heavy (non-hydrogen) atoms. The van der Waals surface area contributed by atoms with Gasteiger partial charge >= 0.3 is 6.61 Å². The van der Waals surface area contributed by atoms with Gasteiger partial charge in [-0.2, -0.15) is 8.78 Å². The molecule has 0 bridgehead atoms. The van der Waals surface area contributed by atoms with Gasteiger partial charge < -0.3 is 24.5 Å². The van der Waals surface area contributed by atoms with E-state index in [-0.39, 0.29) is 24.0 Å². The van der Waals surface area contributed by atoms with Crippen molar-refractivity contribution in [2.75, 3.05) is 13.2 Å². The number of alkyl halides is 2. The van der Waals surface area contributed by atoms with Gasteiger partial charge in [-0.05, 0) is 12.1 Å². The second-order valence-corrected chi connectivity index (χ2v) is 7.01. The summed E-state index contributed by atoms with van der Waals surface area (Å²) >= 11 is 5.84. The molecular formula is C20H22ClF2N7O3. The second-order valence-electron chi connectivity index (χ2n) is 6.60. The molecule has 176 valence electrons. The number of hydrogen-bond acceptors (Lipinski definition) is 7. The molecule has 4 aromatic rings. The average Bonchev–Trinajstić information content (AvgIpc) is 3.54. The molecule has 10 nitrogen and oxygen atoms in total. The summed E-state index contributed by atoms with van der Waals surface area (Å²) in [4.78, 5) is 10.9. The summed E-state index contributed by atoms with van der Waals surface area (Å²) in [5, 5.41) is 25.5. The van der Waals surface area contributed by atoms with E-state index < -0.39 is 6.61 Å². The third kappa shape index (κ3) is 7.07. The number of rotatable bonds is 9. The molecule has 13 heteroatoms. The zero-order chi connectivity index (χ0) is 23.6. The summed E-state index contributed by atoms with van der Waals surface area (Å²) in [5.41, 5.74) is 1.13. The van der Waals surface area contributed by atoms with Crippen LogP contribution in [0.1, 0.15) is 17.3 Å². The van der Waals surface area contributed by atoms with Gasteiger partial charge in [-0.15, -0.1) is 5.10 Å². The lowest BCUT2D eigenvalue weighted by Crippen LogP contribution is -2.06. The molecule has 0 amide bonds. The van der Waals surface area contributed by atoms with Crippen molar-refractivity contribution >= 4 is 11.6 Å². The lowest BCUT2D eigenvalue weighted by Gasteiger charge is -2.08. The molecule has 0 aliphatic heterocycles. The molecule has 0 saturated heterocycles. The van der Waals surface area contributed by atoms with Gasteiger partial charge in [0.15, 0.2) is 0 Å². The zero-order valence-corrected chi connectivity index (χ0v) is 18.1. The molecule has 1 aromatic carbocycles. The van der Waals surface area contributed by atoms with Gasteiger partial charge in [-0.1, -0.05) is 16.8 Å². The van der Waals surface area contributed by atoms with Crippen molar-refractivity contribution in [1.29, 1.82) is 0 Å². The van der Waals surface area contributed by atoms with Gasteiger partial charge in [0.2, 0.25) is 0 Å². The number of halogens is 3. The molecule has 0 radical (unpaired) electrons. The van der Waals surface area contributed by atoms with Gasteiger partial charge in [0, 0.05) is 43.7 Å². The third-order valence-electron chi connectivity index (χ3n) is 4.31. The van der Waals surface area contributed by atoms with Crippen molar-refractivity contribution in [2.24, 2.45) is 0 Å². The van der Waals surface area contributed by atoms with E-state index >= 15 is 0 Å². The van der Waals surface area contributed by atoms with E-state index in [0.29, 0.717) is 30.8 Å². The maximum Gasteiger partial charge on any atom is 0.387 e. The molecule has 0 aliphatic carbocycles. The van der Waals surface area contributed by atoms with E-state index in [1.807, 2.05) is 4.57 Å². The van der Waals surface area contributed by atoms with Gasteiger partial charge in [0.1, 0.15) is 23.1 Å². The average molecular weight is 482 g/mol. The number of aliphatic hydroxyl groups excluding tert-OH is 2. The summed E-state index contributed by atoms with van der Waals surface area (Å²) in [6, 6.07) is 4.43. The first-order valence-electron chi connectivity index (χ1n) is 9.86. The number of aromatic amines is 1. The predicted octanol–water partition coefficient (Wildman–Crippen LogP) is 2.25. The smallest absolute Gasteiger partial charge is 0.387 e. The first-order valence-corrected chi connectivity index (χ1v) is 10.2. The Morgan fingerprint density at radius 1 is 1.12 bits per heavy atom. The van der Waals surface area contributed by atoms with Crippen LogP contribution in [0.3, 0.4) is 0 Å². The van der Waals surface area contributed by atoms with Crippen LogP contribution >= 0.6 is 11.6 Å². The van der Waals surface area contributed by atoms with Crippen LogP contribution in [0.4, 0.5) is 8.78 Å². The Morgan fingerprint density at radius 2 is 1.94 bits per heavy atom. The Morgan fingerprint density at radius 3 is 2.64 bits per heavy atom. The fraction of sp³-hybridized carbons (Fsp3) is 0.300. The van der Waals surface area contributed by atoms with Crippen LogP contribution in [0.25, 0.3) is 5.69 Å². The van der Waals surface area contributed by atoms with Gasteiger partial charge in [-0.25, -0.2) is 14.6 Å². The van der Waals surface area contributed by atoms with Gasteiger partial charge in [0.05, 0.1) is 36.7 Å². The third-order valence-corrected chi connectivity index (χ3v) is 4.62. The summed E-state index contributed by atoms with van der Waals surface area (Å²) < 4.78 is 32.5. The Hall–Kier alpha value is -3.35. The van der Waals surface area contributed by atoms with E-state index in [4.69, 9.17) is 21.8 Å². The topological polar surface area (TPSA) is 127 Å². The fourth-order valence-electron chi connectivity index (χ4n) is 2.85. The van der Waals surface area contributed by atoms with Crippen LogP contribution in [-0.2, 0) is 19.4 Å². The molecule has 0 atom stereocenters. The first-order chi connectivity index (χ1) is 16.0. The van der Waals surface area contributed by atoms with Gasteiger partial charge in [-0.3, -0.25) is 0 Å². The zero-order valence-electron chi connectivity index (χ0n) is 17.4. The Kier molecular flexibility index (Phi) is 8.87. The van der Waals surface area contributed by atoms with E-state index in [1.165, 1.54) is 16.8 Å². The first kappa shape index (κ1) is 24.3. The van der Waals surface area contributed by atoms with Crippen LogP contribution in [0.15, 0.2) is 49.2 Å². The summed E-state index contributed by atoms with van der Waals surface area (Å²) in [5.74, 6) is 1.44. The minimum Gasteiger partial charge on any atom is -0.433 e. The molecule has 0 aliphatic rings. The number of benzene rings is 1.